The quantitative estimate of drug-likeness (QED) is 0.0815. The molecular weight excluding hydrogens is 504 g/mol. The maximum absolute atomic E-state index is 13.2. The summed E-state index contributed by atoms with van der Waals surface area (Å²) in [5.41, 5.74) is 1.84. The van der Waals surface area contributed by atoms with Gasteiger partial charge in [0, 0.05) is 21.5 Å². The van der Waals surface area contributed by atoms with Crippen LogP contribution in [0, 0.1) is 6.92 Å². The summed E-state index contributed by atoms with van der Waals surface area (Å²) >= 11 is 0. The summed E-state index contributed by atoms with van der Waals surface area (Å²) in [6.07, 6.45) is 2.70. The molecule has 8 heteroatoms. The first-order valence-electron chi connectivity index (χ1n) is 12.1. The highest BCUT2D eigenvalue weighted by molar-refractivity contribution is 7.86. The molecule has 0 aromatic heterocycles. The number of hydrogen-bond donors (Lipinski definition) is 0. The number of benzene rings is 4. The van der Waals surface area contributed by atoms with Crippen molar-refractivity contribution >= 4 is 31.7 Å². The van der Waals surface area contributed by atoms with Crippen molar-refractivity contribution in [3.05, 3.63) is 104 Å². The Balaban J connectivity index is 1.77. The Morgan fingerprint density at radius 1 is 0.711 bits per heavy atom. The Morgan fingerprint density at radius 3 is 1.84 bits per heavy atom. The van der Waals surface area contributed by atoms with Gasteiger partial charge in [-0.1, -0.05) is 67.3 Å². The minimum absolute atomic E-state index is 0.0144. The van der Waals surface area contributed by atoms with Gasteiger partial charge in [-0.15, -0.1) is 0 Å². The van der Waals surface area contributed by atoms with Crippen LogP contribution < -0.4 is 9.47 Å². The molecule has 0 atom stereocenters. The smallest absolute Gasteiger partial charge is 0.297 e. The van der Waals surface area contributed by atoms with Gasteiger partial charge >= 0.3 is 0 Å². The molecule has 7 nitrogen and oxygen atoms in total. The first kappa shape index (κ1) is 27.0. The molecule has 0 unspecified atom stereocenters. The van der Waals surface area contributed by atoms with E-state index < -0.39 is 10.1 Å². The van der Waals surface area contributed by atoms with Crippen molar-refractivity contribution in [2.75, 3.05) is 26.4 Å². The van der Waals surface area contributed by atoms with E-state index in [-0.39, 0.29) is 31.3 Å². The van der Waals surface area contributed by atoms with E-state index in [2.05, 4.69) is 13.2 Å². The summed E-state index contributed by atoms with van der Waals surface area (Å²) in [5.74, 6) is 1.12. The topological polar surface area (TPSA) is 80.3 Å². The van der Waals surface area contributed by atoms with Gasteiger partial charge in [0.05, 0.1) is 24.0 Å². The van der Waals surface area contributed by atoms with E-state index in [0.29, 0.717) is 28.9 Å². The first-order chi connectivity index (χ1) is 18.4. The van der Waals surface area contributed by atoms with Gasteiger partial charge < -0.3 is 18.9 Å². The Bertz CT molecular complexity index is 1530. The number of hydrogen-bond acceptors (Lipinski definition) is 7. The molecule has 0 aliphatic carbocycles. The van der Waals surface area contributed by atoms with Crippen LogP contribution in [0.1, 0.15) is 11.1 Å². The summed E-state index contributed by atoms with van der Waals surface area (Å²) in [6.45, 7) is 10.1. The van der Waals surface area contributed by atoms with Crippen LogP contribution in [-0.4, -0.2) is 34.8 Å². The van der Waals surface area contributed by atoms with Crippen LogP contribution in [0.5, 0.6) is 11.5 Å². The van der Waals surface area contributed by atoms with Gasteiger partial charge in [-0.3, -0.25) is 4.18 Å². The van der Waals surface area contributed by atoms with Gasteiger partial charge in [0.15, 0.2) is 0 Å². The fourth-order valence-electron chi connectivity index (χ4n) is 3.99. The molecule has 4 rings (SSSR count). The summed E-state index contributed by atoms with van der Waals surface area (Å²) in [7, 11) is -4.06. The Kier molecular flexibility index (Phi) is 8.89. The predicted octanol–water partition coefficient (Wildman–Crippen LogP) is 6.28. The van der Waals surface area contributed by atoms with Gasteiger partial charge in [0.25, 0.3) is 10.1 Å². The van der Waals surface area contributed by atoms with Crippen LogP contribution >= 0.6 is 0 Å². The lowest BCUT2D eigenvalue weighted by molar-refractivity contribution is 0.180. The average Bonchev–Trinajstić information content (AvgIpc) is 2.93. The van der Waals surface area contributed by atoms with Gasteiger partial charge in [-0.2, -0.15) is 8.42 Å². The molecule has 0 saturated heterocycles. The van der Waals surface area contributed by atoms with Crippen molar-refractivity contribution in [1.82, 2.24) is 0 Å². The summed E-state index contributed by atoms with van der Waals surface area (Å²) in [6, 6.07) is 19.9. The zero-order valence-electron chi connectivity index (χ0n) is 21.2. The molecule has 0 radical (unpaired) electrons. The van der Waals surface area contributed by atoms with E-state index >= 15 is 0 Å². The third-order valence-corrected chi connectivity index (χ3v) is 7.08. The predicted molar refractivity (Wildman–Crippen MR) is 148 cm³/mol. The summed E-state index contributed by atoms with van der Waals surface area (Å²) in [5, 5.41) is 2.86. The highest BCUT2D eigenvalue weighted by Crippen LogP contribution is 2.43. The van der Waals surface area contributed by atoms with Crippen LogP contribution in [0.25, 0.3) is 21.5 Å². The minimum atomic E-state index is -4.06. The lowest BCUT2D eigenvalue weighted by Gasteiger charge is -2.18. The van der Waals surface area contributed by atoms with Crippen LogP contribution in [0.2, 0.25) is 0 Å². The second kappa shape index (κ2) is 12.5. The second-order valence-electron chi connectivity index (χ2n) is 8.38. The van der Waals surface area contributed by atoms with Crippen LogP contribution in [0.3, 0.4) is 0 Å². The van der Waals surface area contributed by atoms with Gasteiger partial charge in [0.2, 0.25) is 0 Å². The molecule has 0 saturated carbocycles. The minimum Gasteiger partial charge on any atom is -0.498 e. The maximum Gasteiger partial charge on any atom is 0.297 e. The van der Waals surface area contributed by atoms with Crippen molar-refractivity contribution in [1.29, 1.82) is 0 Å². The van der Waals surface area contributed by atoms with E-state index in [4.69, 9.17) is 23.1 Å². The second-order valence-corrected chi connectivity index (χ2v) is 10.0. The first-order valence-corrected chi connectivity index (χ1v) is 13.5. The number of fused-ring (bicyclic) bond motifs is 2. The third-order valence-electron chi connectivity index (χ3n) is 5.82. The van der Waals surface area contributed by atoms with Crippen LogP contribution in [0.15, 0.2) is 97.3 Å². The average molecular weight is 535 g/mol. The fourth-order valence-corrected chi connectivity index (χ4v) is 4.92. The molecule has 0 N–H and O–H groups in total. The molecule has 0 amide bonds. The van der Waals surface area contributed by atoms with Crippen molar-refractivity contribution in [2.45, 2.75) is 18.4 Å². The molecule has 0 fully saturated rings. The van der Waals surface area contributed by atoms with Crippen molar-refractivity contribution < 1.29 is 31.5 Å². The monoisotopic (exact) mass is 534 g/mol. The Labute approximate surface area is 223 Å². The summed E-state index contributed by atoms with van der Waals surface area (Å²) in [4.78, 5) is 0.0144. The molecule has 4 aromatic rings. The van der Waals surface area contributed by atoms with Crippen molar-refractivity contribution in [3.8, 4) is 11.5 Å². The highest BCUT2D eigenvalue weighted by atomic mass is 32.2. The Hall–Kier alpha value is -4.01. The lowest BCUT2D eigenvalue weighted by Crippen LogP contribution is -2.09. The number of rotatable bonds is 14. The Morgan fingerprint density at radius 2 is 1.26 bits per heavy atom. The van der Waals surface area contributed by atoms with Crippen LogP contribution in [0.4, 0.5) is 0 Å². The number of aryl methyl sites for hydroxylation is 1. The third kappa shape index (κ3) is 6.27. The molecular formula is C30H30O7S. The van der Waals surface area contributed by atoms with E-state index in [0.717, 1.165) is 21.9 Å². The normalized spacial score (nSPS) is 11.3. The van der Waals surface area contributed by atoms with E-state index in [1.54, 1.807) is 12.1 Å². The lowest BCUT2D eigenvalue weighted by atomic mass is 10.0. The SMILES string of the molecule is C=COCCOc1c2ccccc2c(OCCOC=C)c2cc(S(=O)(=O)OCc3ccc(C)cc3)ccc12. The van der Waals surface area contributed by atoms with Gasteiger partial charge in [-0.25, -0.2) is 0 Å². The van der Waals surface area contributed by atoms with E-state index in [1.807, 2.05) is 55.5 Å². The van der Waals surface area contributed by atoms with Gasteiger partial charge in [-0.05, 0) is 30.7 Å². The van der Waals surface area contributed by atoms with E-state index in [9.17, 15) is 8.42 Å². The van der Waals surface area contributed by atoms with E-state index in [1.165, 1.54) is 18.6 Å². The molecule has 0 aliphatic heterocycles. The zero-order valence-corrected chi connectivity index (χ0v) is 22.0. The fraction of sp³-hybridized carbons (Fsp3) is 0.200. The molecule has 38 heavy (non-hydrogen) atoms. The molecule has 4 aromatic carbocycles. The molecule has 0 bridgehead atoms. The standard InChI is InChI=1S/C30H30O7S/c1-4-33-16-18-35-29-25-8-6-7-9-26(25)30(36-19-17-34-5-2)28-20-24(14-15-27(28)29)38(31,32)37-21-23-12-10-22(3)11-13-23/h4-15,20H,1-2,16-19,21H2,3H3. The van der Waals surface area contributed by atoms with Crippen LogP contribution in [-0.2, 0) is 30.4 Å². The number of ether oxygens (including phenoxy) is 4. The van der Waals surface area contributed by atoms with Gasteiger partial charge in [0.1, 0.15) is 37.9 Å². The van der Waals surface area contributed by atoms with Crippen molar-refractivity contribution in [2.24, 2.45) is 0 Å². The molecule has 0 heterocycles. The maximum atomic E-state index is 13.2. The molecule has 0 aliphatic rings. The van der Waals surface area contributed by atoms with Crippen molar-refractivity contribution in [3.63, 3.8) is 0 Å². The summed E-state index contributed by atoms with van der Waals surface area (Å²) < 4.78 is 54.4. The molecule has 198 valence electrons. The largest absolute Gasteiger partial charge is 0.498 e. The zero-order chi connectivity index (χ0) is 27.0. The highest BCUT2D eigenvalue weighted by Gasteiger charge is 2.21. The molecule has 0 spiro atoms.